The van der Waals surface area contributed by atoms with E-state index >= 15 is 0 Å². The molecule has 1 amide bonds. The van der Waals surface area contributed by atoms with Gasteiger partial charge in [0.25, 0.3) is 0 Å². The van der Waals surface area contributed by atoms with Crippen LogP contribution in [-0.4, -0.2) is 23.6 Å². The number of aromatic nitrogens is 1. The van der Waals surface area contributed by atoms with Crippen molar-refractivity contribution in [3.05, 3.63) is 30.1 Å². The third kappa shape index (κ3) is 2.82. The number of amides is 1. The van der Waals surface area contributed by atoms with E-state index in [1.165, 1.54) is 0 Å². The van der Waals surface area contributed by atoms with Crippen LogP contribution in [0.25, 0.3) is 0 Å². The lowest BCUT2D eigenvalue weighted by Gasteiger charge is -2.27. The fraction of sp³-hybridized carbons (Fsp3) is 0.538. The van der Waals surface area contributed by atoms with Crippen molar-refractivity contribution in [2.24, 2.45) is 0 Å². The predicted molar refractivity (Wildman–Crippen MR) is 64.4 cm³/mol. The van der Waals surface area contributed by atoms with E-state index in [1.807, 2.05) is 26.0 Å². The van der Waals surface area contributed by atoms with Gasteiger partial charge in [0.15, 0.2) is 0 Å². The Morgan fingerprint density at radius 2 is 2.41 bits per heavy atom. The Morgan fingerprint density at radius 1 is 1.59 bits per heavy atom. The molecule has 1 aliphatic rings. The zero-order chi connectivity index (χ0) is 12.3. The third-order valence-corrected chi connectivity index (χ3v) is 3.04. The van der Waals surface area contributed by atoms with E-state index in [-0.39, 0.29) is 12.0 Å². The Balaban J connectivity index is 2.04. The van der Waals surface area contributed by atoms with Crippen molar-refractivity contribution in [1.82, 2.24) is 10.3 Å². The highest BCUT2D eigenvalue weighted by molar-refractivity contribution is 5.81. The molecule has 2 heterocycles. The zero-order valence-corrected chi connectivity index (χ0v) is 10.3. The lowest BCUT2D eigenvalue weighted by atomic mass is 9.95. The quantitative estimate of drug-likeness (QED) is 0.864. The van der Waals surface area contributed by atoms with E-state index in [2.05, 4.69) is 10.3 Å². The molecule has 1 unspecified atom stereocenters. The van der Waals surface area contributed by atoms with Crippen molar-refractivity contribution in [2.45, 2.75) is 38.3 Å². The summed E-state index contributed by atoms with van der Waals surface area (Å²) < 4.78 is 5.37. The molecule has 0 bridgehead atoms. The van der Waals surface area contributed by atoms with Crippen LogP contribution in [0.5, 0.6) is 0 Å². The Morgan fingerprint density at radius 3 is 3.00 bits per heavy atom. The Kier molecular flexibility index (Phi) is 3.43. The van der Waals surface area contributed by atoms with Crippen LogP contribution in [-0.2, 0) is 15.1 Å². The number of rotatable bonds is 3. The molecule has 17 heavy (non-hydrogen) atoms. The molecular formula is C13H18N2O2. The van der Waals surface area contributed by atoms with E-state index in [1.54, 1.807) is 12.4 Å². The maximum atomic E-state index is 12.0. The predicted octanol–water partition coefficient (Wildman–Crippen LogP) is 1.61. The third-order valence-electron chi connectivity index (χ3n) is 3.04. The summed E-state index contributed by atoms with van der Waals surface area (Å²) >= 11 is 0. The average molecular weight is 234 g/mol. The number of carbonyl (C=O) groups excluding carboxylic acids is 1. The summed E-state index contributed by atoms with van der Waals surface area (Å²) in [6, 6.07) is 3.83. The first-order valence-electron chi connectivity index (χ1n) is 5.94. The highest BCUT2D eigenvalue weighted by Gasteiger charge is 2.29. The van der Waals surface area contributed by atoms with E-state index in [0.717, 1.165) is 18.4 Å². The highest BCUT2D eigenvalue weighted by atomic mass is 16.5. The van der Waals surface area contributed by atoms with Gasteiger partial charge in [0.05, 0.1) is 5.54 Å². The fourth-order valence-corrected chi connectivity index (χ4v) is 1.98. The molecule has 1 atom stereocenters. The number of pyridine rings is 1. The molecule has 0 spiro atoms. The minimum atomic E-state index is -0.419. The molecule has 1 saturated heterocycles. The van der Waals surface area contributed by atoms with Gasteiger partial charge in [-0.2, -0.15) is 0 Å². The van der Waals surface area contributed by atoms with Crippen LogP contribution in [0.2, 0.25) is 0 Å². The second-order valence-electron chi connectivity index (χ2n) is 4.86. The molecule has 0 saturated carbocycles. The van der Waals surface area contributed by atoms with Gasteiger partial charge < -0.3 is 10.1 Å². The first-order valence-corrected chi connectivity index (χ1v) is 5.94. The molecule has 4 nitrogen and oxygen atoms in total. The van der Waals surface area contributed by atoms with Crippen molar-refractivity contribution in [2.75, 3.05) is 6.61 Å². The largest absolute Gasteiger partial charge is 0.368 e. The number of nitrogens with one attached hydrogen (secondary N) is 1. The summed E-state index contributed by atoms with van der Waals surface area (Å²) in [7, 11) is 0. The average Bonchev–Trinajstić information content (AvgIpc) is 2.83. The lowest BCUT2D eigenvalue weighted by molar-refractivity contribution is -0.131. The minimum Gasteiger partial charge on any atom is -0.368 e. The number of hydrogen-bond donors (Lipinski definition) is 1. The molecule has 0 aliphatic carbocycles. The topological polar surface area (TPSA) is 51.2 Å². The van der Waals surface area contributed by atoms with Crippen molar-refractivity contribution in [1.29, 1.82) is 0 Å². The van der Waals surface area contributed by atoms with Crippen molar-refractivity contribution in [3.63, 3.8) is 0 Å². The number of nitrogens with zero attached hydrogens (tertiary/aromatic N) is 1. The summed E-state index contributed by atoms with van der Waals surface area (Å²) in [5, 5.41) is 3.01. The van der Waals surface area contributed by atoms with Crippen molar-refractivity contribution < 1.29 is 9.53 Å². The number of hydrogen-bond acceptors (Lipinski definition) is 3. The van der Waals surface area contributed by atoms with Gasteiger partial charge in [-0.05, 0) is 38.3 Å². The monoisotopic (exact) mass is 234 g/mol. The maximum Gasteiger partial charge on any atom is 0.249 e. The van der Waals surface area contributed by atoms with Crippen LogP contribution >= 0.6 is 0 Å². The summed E-state index contributed by atoms with van der Waals surface area (Å²) in [4.78, 5) is 16.1. The van der Waals surface area contributed by atoms with E-state index in [0.29, 0.717) is 6.61 Å². The van der Waals surface area contributed by atoms with Gasteiger partial charge in [-0.15, -0.1) is 0 Å². The van der Waals surface area contributed by atoms with E-state index in [9.17, 15) is 4.79 Å². The van der Waals surface area contributed by atoms with Gasteiger partial charge in [-0.1, -0.05) is 6.07 Å². The van der Waals surface area contributed by atoms with Gasteiger partial charge in [-0.25, -0.2) is 0 Å². The smallest absolute Gasteiger partial charge is 0.249 e. The summed E-state index contributed by atoms with van der Waals surface area (Å²) in [5.41, 5.74) is 0.573. The SMILES string of the molecule is CC(C)(NC(=O)C1CCCO1)c1cccnc1. The van der Waals surface area contributed by atoms with Gasteiger partial charge in [0, 0.05) is 19.0 Å². The molecule has 1 N–H and O–H groups in total. The van der Waals surface area contributed by atoms with Crippen LogP contribution < -0.4 is 5.32 Å². The molecule has 92 valence electrons. The van der Waals surface area contributed by atoms with Crippen LogP contribution in [0.4, 0.5) is 0 Å². The van der Waals surface area contributed by atoms with Gasteiger partial charge in [-0.3, -0.25) is 9.78 Å². The molecule has 1 aromatic heterocycles. The van der Waals surface area contributed by atoms with Crippen LogP contribution in [0, 0.1) is 0 Å². The van der Waals surface area contributed by atoms with Gasteiger partial charge in [0.1, 0.15) is 6.10 Å². The summed E-state index contributed by atoms with van der Waals surface area (Å²) in [6.07, 6.45) is 4.99. The first-order chi connectivity index (χ1) is 8.09. The number of carbonyl (C=O) groups is 1. The van der Waals surface area contributed by atoms with E-state index in [4.69, 9.17) is 4.74 Å². The standard InChI is InChI=1S/C13H18N2O2/c1-13(2,10-5-3-7-14-9-10)15-12(16)11-6-4-8-17-11/h3,5,7,9,11H,4,6,8H2,1-2H3,(H,15,16). The maximum absolute atomic E-state index is 12.0. The van der Waals surface area contributed by atoms with Gasteiger partial charge >= 0.3 is 0 Å². The highest BCUT2D eigenvalue weighted by Crippen LogP contribution is 2.20. The Bertz CT molecular complexity index is 384. The molecule has 1 aliphatic heterocycles. The molecule has 1 aromatic rings. The summed E-state index contributed by atoms with van der Waals surface area (Å²) in [5.74, 6) is -0.0312. The normalized spacial score (nSPS) is 20.2. The zero-order valence-electron chi connectivity index (χ0n) is 10.3. The summed E-state index contributed by atoms with van der Waals surface area (Å²) in [6.45, 7) is 4.62. The molecular weight excluding hydrogens is 216 g/mol. The molecule has 4 heteroatoms. The Hall–Kier alpha value is -1.42. The molecule has 0 radical (unpaired) electrons. The first kappa shape index (κ1) is 12.0. The van der Waals surface area contributed by atoms with Crippen LogP contribution in [0.1, 0.15) is 32.3 Å². The number of ether oxygens (including phenoxy) is 1. The van der Waals surface area contributed by atoms with Crippen LogP contribution in [0.15, 0.2) is 24.5 Å². The van der Waals surface area contributed by atoms with E-state index < -0.39 is 5.54 Å². The van der Waals surface area contributed by atoms with Gasteiger partial charge in [0.2, 0.25) is 5.91 Å². The molecule has 0 aromatic carbocycles. The minimum absolute atomic E-state index is 0.0312. The second-order valence-corrected chi connectivity index (χ2v) is 4.86. The van der Waals surface area contributed by atoms with Crippen LogP contribution in [0.3, 0.4) is 0 Å². The lowest BCUT2D eigenvalue weighted by Crippen LogP contribution is -2.45. The van der Waals surface area contributed by atoms with Crippen molar-refractivity contribution >= 4 is 5.91 Å². The second kappa shape index (κ2) is 4.84. The molecule has 2 rings (SSSR count). The van der Waals surface area contributed by atoms with Crippen molar-refractivity contribution in [3.8, 4) is 0 Å². The fourth-order valence-electron chi connectivity index (χ4n) is 1.98. The molecule has 1 fully saturated rings. The Labute approximate surface area is 101 Å².